The van der Waals surface area contributed by atoms with Gasteiger partial charge in [0.1, 0.15) is 0 Å². The second-order valence-electron chi connectivity index (χ2n) is 13.6. The Morgan fingerprint density at radius 1 is 0.744 bits per heavy atom. The van der Waals surface area contributed by atoms with Gasteiger partial charge in [-0.1, -0.05) is 118 Å². The second kappa shape index (κ2) is 10.2. The molecule has 4 aromatic carbocycles. The third-order valence-electron chi connectivity index (χ3n) is 10.4. The van der Waals surface area contributed by atoms with Crippen molar-refractivity contribution in [3.63, 3.8) is 0 Å². The molecule has 7 rings (SSSR count). The van der Waals surface area contributed by atoms with E-state index in [1.807, 2.05) is 0 Å². The Bertz CT molecular complexity index is 1900. The summed E-state index contributed by atoms with van der Waals surface area (Å²) in [4.78, 5) is 4.80. The highest BCUT2D eigenvalue weighted by atomic mass is 35.5. The summed E-state index contributed by atoms with van der Waals surface area (Å²) in [7, 11) is 4.42. The number of likely N-dealkylation sites (N-methyl/N-ethyl adjacent to an activating group) is 2. The van der Waals surface area contributed by atoms with Crippen LogP contribution in [-0.4, -0.2) is 20.1 Å². The zero-order chi connectivity index (χ0) is 30.1. The third kappa shape index (κ3) is 4.29. The van der Waals surface area contributed by atoms with E-state index in [0.717, 1.165) is 24.3 Å². The van der Waals surface area contributed by atoms with Gasteiger partial charge in [0.05, 0.1) is 6.04 Å². The summed E-state index contributed by atoms with van der Waals surface area (Å²) < 4.78 is 0. The minimum Gasteiger partial charge on any atom is -0.367 e. The fourth-order valence-corrected chi connectivity index (χ4v) is 8.49. The van der Waals surface area contributed by atoms with Crippen LogP contribution in [0.5, 0.6) is 0 Å². The monoisotopic (exact) mass is 584 g/mol. The predicted molar refractivity (Wildman–Crippen MR) is 187 cm³/mol. The Hall–Kier alpha value is -3.75. The van der Waals surface area contributed by atoms with Crippen molar-refractivity contribution < 1.29 is 0 Å². The second-order valence-corrected chi connectivity index (χ2v) is 14.0. The SMILES string of the molecule is CN1/C(=C/C=C2\CCCC(/C=C/C3N(C)c4ccc5ccccc5c4C3(C)C)=C2Cl)C(C)(C)c2c1ccc1ccccc21. The molecule has 218 valence electrons. The quantitative estimate of drug-likeness (QED) is 0.236. The van der Waals surface area contributed by atoms with E-state index in [-0.39, 0.29) is 16.9 Å². The van der Waals surface area contributed by atoms with E-state index in [9.17, 15) is 0 Å². The number of halogens is 1. The summed E-state index contributed by atoms with van der Waals surface area (Å²) in [6.07, 6.45) is 12.4. The molecule has 0 bridgehead atoms. The number of nitrogens with zero attached hydrogens (tertiary/aromatic N) is 2. The van der Waals surface area contributed by atoms with Crippen LogP contribution in [0.1, 0.15) is 58.1 Å². The van der Waals surface area contributed by atoms with Crippen molar-refractivity contribution in [2.24, 2.45) is 0 Å². The Balaban J connectivity index is 1.20. The molecule has 2 aliphatic heterocycles. The first-order chi connectivity index (χ1) is 20.6. The highest BCUT2D eigenvalue weighted by Gasteiger charge is 2.43. The largest absolute Gasteiger partial charge is 0.367 e. The van der Waals surface area contributed by atoms with E-state index in [4.69, 9.17) is 11.6 Å². The Morgan fingerprint density at radius 3 is 2.07 bits per heavy atom. The molecule has 43 heavy (non-hydrogen) atoms. The van der Waals surface area contributed by atoms with Gasteiger partial charge >= 0.3 is 0 Å². The van der Waals surface area contributed by atoms with Crippen molar-refractivity contribution in [2.75, 3.05) is 23.9 Å². The molecule has 4 aromatic rings. The van der Waals surface area contributed by atoms with Crippen LogP contribution >= 0.6 is 11.6 Å². The first-order valence-corrected chi connectivity index (χ1v) is 16.0. The van der Waals surface area contributed by atoms with E-state index >= 15 is 0 Å². The highest BCUT2D eigenvalue weighted by Crippen LogP contribution is 2.51. The first-order valence-electron chi connectivity index (χ1n) is 15.6. The number of rotatable bonds is 3. The van der Waals surface area contributed by atoms with E-state index in [2.05, 4.69) is 149 Å². The van der Waals surface area contributed by atoms with Gasteiger partial charge in [-0.15, -0.1) is 0 Å². The minimum absolute atomic E-state index is 0.0238. The summed E-state index contributed by atoms with van der Waals surface area (Å²) in [5.41, 5.74) is 9.12. The lowest BCUT2D eigenvalue weighted by Gasteiger charge is -2.30. The van der Waals surface area contributed by atoms with Crippen LogP contribution in [0.2, 0.25) is 0 Å². The van der Waals surface area contributed by atoms with Gasteiger partial charge < -0.3 is 9.80 Å². The van der Waals surface area contributed by atoms with Crippen LogP contribution in [0.3, 0.4) is 0 Å². The molecule has 1 atom stereocenters. The molecule has 0 radical (unpaired) electrons. The zero-order valence-corrected chi connectivity index (χ0v) is 27.0. The lowest BCUT2D eigenvalue weighted by atomic mass is 9.78. The van der Waals surface area contributed by atoms with Crippen molar-refractivity contribution in [2.45, 2.75) is 63.8 Å². The van der Waals surface area contributed by atoms with Gasteiger partial charge in [0.15, 0.2) is 0 Å². The van der Waals surface area contributed by atoms with Gasteiger partial charge in [0, 0.05) is 47.0 Å². The van der Waals surface area contributed by atoms with Crippen LogP contribution in [0.15, 0.2) is 119 Å². The summed E-state index contributed by atoms with van der Waals surface area (Å²) in [6, 6.07) is 26.8. The molecular weight excluding hydrogens is 544 g/mol. The summed E-state index contributed by atoms with van der Waals surface area (Å²) in [5.74, 6) is 0. The molecule has 3 aliphatic rings. The molecule has 2 nitrogen and oxygen atoms in total. The molecule has 0 saturated heterocycles. The fraction of sp³-hybridized carbons (Fsp3) is 0.300. The standard InChI is InChI=1S/C40H41ClN2/c1-39(2)34(42(5)32-22-18-26-12-7-9-16-30(26)36(32)39)24-20-28-14-11-15-29(38(28)41)21-25-35-40(3,4)37-31-17-10-8-13-27(31)19-23-33(37)43(35)6/h7-10,12-13,16-25,34H,11,14-15H2,1-6H3/b24-20+,29-21+,35-25+. The maximum absolute atomic E-state index is 7.17. The number of allylic oxidation sites excluding steroid dienone is 7. The van der Waals surface area contributed by atoms with Crippen LogP contribution in [0.4, 0.5) is 11.4 Å². The van der Waals surface area contributed by atoms with Crippen molar-refractivity contribution in [3.05, 3.63) is 130 Å². The zero-order valence-electron chi connectivity index (χ0n) is 26.2. The van der Waals surface area contributed by atoms with Crippen LogP contribution < -0.4 is 9.80 Å². The molecule has 0 saturated carbocycles. The lowest BCUT2D eigenvalue weighted by molar-refractivity contribution is 0.490. The molecule has 3 heteroatoms. The van der Waals surface area contributed by atoms with Crippen molar-refractivity contribution in [3.8, 4) is 0 Å². The Labute approximate surface area is 261 Å². The number of benzene rings is 4. The van der Waals surface area contributed by atoms with Gasteiger partial charge in [-0.2, -0.15) is 0 Å². The molecule has 0 amide bonds. The van der Waals surface area contributed by atoms with Crippen molar-refractivity contribution in [1.82, 2.24) is 0 Å². The normalized spacial score (nSPS) is 22.9. The molecule has 0 fully saturated rings. The highest BCUT2D eigenvalue weighted by molar-refractivity contribution is 6.32. The summed E-state index contributed by atoms with van der Waals surface area (Å²) >= 11 is 7.17. The number of anilines is 2. The van der Waals surface area contributed by atoms with Crippen molar-refractivity contribution in [1.29, 1.82) is 0 Å². The van der Waals surface area contributed by atoms with E-state index in [0.29, 0.717) is 0 Å². The average Bonchev–Trinajstić information content (AvgIpc) is 3.33. The lowest BCUT2D eigenvalue weighted by Crippen LogP contribution is -2.37. The molecule has 0 aromatic heterocycles. The average molecular weight is 585 g/mol. The molecule has 1 unspecified atom stereocenters. The van der Waals surface area contributed by atoms with Crippen LogP contribution in [0.25, 0.3) is 21.5 Å². The third-order valence-corrected chi connectivity index (χ3v) is 10.8. The van der Waals surface area contributed by atoms with E-state index in [1.54, 1.807) is 0 Å². The maximum atomic E-state index is 7.17. The summed E-state index contributed by atoms with van der Waals surface area (Å²) in [5, 5.41) is 6.22. The van der Waals surface area contributed by atoms with Gasteiger partial charge in [-0.3, -0.25) is 0 Å². The molecule has 2 heterocycles. The molecule has 1 aliphatic carbocycles. The summed E-state index contributed by atoms with van der Waals surface area (Å²) in [6.45, 7) is 9.46. The van der Waals surface area contributed by atoms with Crippen LogP contribution in [0, 0.1) is 0 Å². The van der Waals surface area contributed by atoms with Gasteiger partial charge in [-0.05, 0) is 81.3 Å². The smallest absolute Gasteiger partial charge is 0.0565 e. The molecule has 0 N–H and O–H groups in total. The van der Waals surface area contributed by atoms with Gasteiger partial charge in [0.2, 0.25) is 0 Å². The number of hydrogen-bond acceptors (Lipinski definition) is 2. The molecule has 0 spiro atoms. The fourth-order valence-electron chi connectivity index (χ4n) is 8.17. The Kier molecular flexibility index (Phi) is 6.63. The number of fused-ring (bicyclic) bond motifs is 6. The topological polar surface area (TPSA) is 6.48 Å². The van der Waals surface area contributed by atoms with E-state index < -0.39 is 0 Å². The van der Waals surface area contributed by atoms with Crippen molar-refractivity contribution >= 4 is 44.5 Å². The minimum atomic E-state index is -0.104. The van der Waals surface area contributed by atoms with Crippen LogP contribution in [-0.2, 0) is 10.8 Å². The number of hydrogen-bond donors (Lipinski definition) is 0. The van der Waals surface area contributed by atoms with Gasteiger partial charge in [-0.25, -0.2) is 0 Å². The molecular formula is C40H41ClN2. The van der Waals surface area contributed by atoms with E-state index in [1.165, 1.54) is 60.9 Å². The van der Waals surface area contributed by atoms with Gasteiger partial charge in [0.25, 0.3) is 0 Å². The Morgan fingerprint density at radius 2 is 1.37 bits per heavy atom. The predicted octanol–water partition coefficient (Wildman–Crippen LogP) is 10.6. The first kappa shape index (κ1) is 28.0. The maximum Gasteiger partial charge on any atom is 0.0565 e.